The molecular weight excluding hydrogens is 292 g/mol. The molecule has 1 atom stereocenters. The smallest absolute Gasteiger partial charge is 0.0794 e. The van der Waals surface area contributed by atoms with Gasteiger partial charge in [0.15, 0.2) is 0 Å². The maximum absolute atomic E-state index is 4.05. The largest absolute Gasteiger partial charge is 0.304 e. The monoisotopic (exact) mass is 302 g/mol. The number of hydrogen-bond donors (Lipinski definition) is 1. The van der Waals surface area contributed by atoms with Gasteiger partial charge in [-0.15, -0.1) is 22.7 Å². The zero-order valence-electron chi connectivity index (χ0n) is 8.24. The van der Waals surface area contributed by atoms with E-state index in [9.17, 15) is 0 Å². The Hall–Kier alpha value is -0.230. The molecule has 0 bridgehead atoms. The summed E-state index contributed by atoms with van der Waals surface area (Å²) in [7, 11) is 0. The molecule has 0 spiro atoms. The molecule has 0 saturated heterocycles. The molecule has 2 nitrogen and oxygen atoms in total. The number of halogens is 1. The quantitative estimate of drug-likeness (QED) is 0.929. The predicted octanol–water partition coefficient (Wildman–Crippen LogP) is 3.82. The summed E-state index contributed by atoms with van der Waals surface area (Å²) < 4.78 is 1.19. The van der Waals surface area contributed by atoms with E-state index in [1.165, 1.54) is 14.2 Å². The molecule has 15 heavy (non-hydrogen) atoms. The van der Waals surface area contributed by atoms with Crippen LogP contribution >= 0.6 is 38.6 Å². The molecule has 2 aromatic rings. The number of rotatable bonds is 4. The van der Waals surface area contributed by atoms with Crippen molar-refractivity contribution in [2.24, 2.45) is 0 Å². The van der Waals surface area contributed by atoms with Gasteiger partial charge in [-0.05, 0) is 34.3 Å². The first-order valence-electron chi connectivity index (χ1n) is 4.61. The number of nitrogens with one attached hydrogen (secondary N) is 1. The van der Waals surface area contributed by atoms with Crippen molar-refractivity contribution in [1.29, 1.82) is 0 Å². The van der Waals surface area contributed by atoms with Crippen LogP contribution in [0.2, 0.25) is 0 Å². The molecule has 2 aromatic heterocycles. The Morgan fingerprint density at radius 1 is 1.53 bits per heavy atom. The molecule has 1 unspecified atom stereocenters. The number of thiazole rings is 1. The average molecular weight is 303 g/mol. The lowest BCUT2D eigenvalue weighted by molar-refractivity contribution is 0.585. The van der Waals surface area contributed by atoms with E-state index in [4.69, 9.17) is 0 Å². The van der Waals surface area contributed by atoms with E-state index in [-0.39, 0.29) is 0 Å². The summed E-state index contributed by atoms with van der Waals surface area (Å²) in [6, 6.07) is 2.46. The SMILES string of the molecule is CC(NCc1cncs1)c1sccc1Br. The Kier molecular flexibility index (Phi) is 3.91. The molecule has 5 heteroatoms. The van der Waals surface area contributed by atoms with E-state index >= 15 is 0 Å². The zero-order chi connectivity index (χ0) is 10.7. The van der Waals surface area contributed by atoms with Crippen LogP contribution in [0.15, 0.2) is 27.6 Å². The third-order valence-electron chi connectivity index (χ3n) is 2.10. The summed E-state index contributed by atoms with van der Waals surface area (Å²) in [5.74, 6) is 0. The van der Waals surface area contributed by atoms with Crippen molar-refractivity contribution >= 4 is 38.6 Å². The Morgan fingerprint density at radius 2 is 2.40 bits per heavy atom. The van der Waals surface area contributed by atoms with E-state index in [1.54, 1.807) is 22.7 Å². The molecule has 0 aromatic carbocycles. The van der Waals surface area contributed by atoms with Crippen LogP contribution in [0.4, 0.5) is 0 Å². The van der Waals surface area contributed by atoms with Crippen molar-refractivity contribution in [1.82, 2.24) is 10.3 Å². The van der Waals surface area contributed by atoms with Gasteiger partial charge in [0, 0.05) is 33.0 Å². The molecule has 0 amide bonds. The molecule has 0 aliphatic carbocycles. The van der Waals surface area contributed by atoms with E-state index in [0.717, 1.165) is 6.54 Å². The standard InChI is InChI=1S/C10H11BrN2S2/c1-7(10-9(11)2-3-14-10)13-5-8-4-12-6-15-8/h2-4,6-7,13H,5H2,1H3. The lowest BCUT2D eigenvalue weighted by Crippen LogP contribution is -2.16. The fraction of sp³-hybridized carbons (Fsp3) is 0.300. The van der Waals surface area contributed by atoms with Crippen molar-refractivity contribution in [3.05, 3.63) is 37.4 Å². The fourth-order valence-corrected chi connectivity index (χ4v) is 3.59. The van der Waals surface area contributed by atoms with Gasteiger partial charge < -0.3 is 5.32 Å². The molecule has 2 heterocycles. The average Bonchev–Trinajstić information content (AvgIpc) is 2.84. The van der Waals surface area contributed by atoms with Crippen LogP contribution in [0.3, 0.4) is 0 Å². The molecular formula is C10H11BrN2S2. The Bertz CT molecular complexity index is 411. The topological polar surface area (TPSA) is 24.9 Å². The summed E-state index contributed by atoms with van der Waals surface area (Å²) in [5.41, 5.74) is 1.86. The maximum atomic E-state index is 4.05. The van der Waals surface area contributed by atoms with Gasteiger partial charge in [-0.25, -0.2) is 0 Å². The molecule has 0 saturated carbocycles. The molecule has 0 fully saturated rings. The highest BCUT2D eigenvalue weighted by Gasteiger charge is 2.10. The number of nitrogens with zero attached hydrogens (tertiary/aromatic N) is 1. The highest BCUT2D eigenvalue weighted by Crippen LogP contribution is 2.28. The number of aromatic nitrogens is 1. The Balaban J connectivity index is 1.93. The van der Waals surface area contributed by atoms with Gasteiger partial charge in [0.05, 0.1) is 5.51 Å². The molecule has 0 aliphatic rings. The maximum Gasteiger partial charge on any atom is 0.0794 e. The van der Waals surface area contributed by atoms with E-state index in [0.29, 0.717) is 6.04 Å². The summed E-state index contributed by atoms with van der Waals surface area (Å²) in [5, 5.41) is 5.58. The van der Waals surface area contributed by atoms with Crippen molar-refractivity contribution in [3.8, 4) is 0 Å². The lowest BCUT2D eigenvalue weighted by Gasteiger charge is -2.11. The van der Waals surface area contributed by atoms with Crippen molar-refractivity contribution in [2.45, 2.75) is 19.5 Å². The van der Waals surface area contributed by atoms with Gasteiger partial charge in [0.1, 0.15) is 0 Å². The van der Waals surface area contributed by atoms with Crippen LogP contribution in [-0.2, 0) is 6.54 Å². The van der Waals surface area contributed by atoms with Crippen LogP contribution in [0, 0.1) is 0 Å². The van der Waals surface area contributed by atoms with E-state index in [2.05, 4.69) is 44.6 Å². The van der Waals surface area contributed by atoms with Crippen molar-refractivity contribution in [3.63, 3.8) is 0 Å². The second kappa shape index (κ2) is 5.21. The predicted molar refractivity (Wildman–Crippen MR) is 69.4 cm³/mol. The van der Waals surface area contributed by atoms with Crippen LogP contribution in [0.1, 0.15) is 22.7 Å². The first kappa shape index (κ1) is 11.3. The molecule has 1 N–H and O–H groups in total. The summed E-state index contributed by atoms with van der Waals surface area (Å²) >= 11 is 7.00. The van der Waals surface area contributed by atoms with Crippen LogP contribution in [0.5, 0.6) is 0 Å². The summed E-state index contributed by atoms with van der Waals surface area (Å²) in [4.78, 5) is 6.67. The Morgan fingerprint density at radius 3 is 3.00 bits per heavy atom. The van der Waals surface area contributed by atoms with Crippen molar-refractivity contribution < 1.29 is 0 Å². The third-order valence-corrected chi connectivity index (χ3v) is 4.94. The van der Waals surface area contributed by atoms with Crippen LogP contribution < -0.4 is 5.32 Å². The Labute approximate surface area is 106 Å². The highest BCUT2D eigenvalue weighted by atomic mass is 79.9. The van der Waals surface area contributed by atoms with Crippen molar-refractivity contribution in [2.75, 3.05) is 0 Å². The fourth-order valence-electron chi connectivity index (χ4n) is 1.29. The van der Waals surface area contributed by atoms with Crippen LogP contribution in [0.25, 0.3) is 0 Å². The second-order valence-electron chi connectivity index (χ2n) is 3.20. The zero-order valence-corrected chi connectivity index (χ0v) is 11.5. The summed E-state index contributed by atoms with van der Waals surface area (Å²) in [6.45, 7) is 3.06. The summed E-state index contributed by atoms with van der Waals surface area (Å²) in [6.07, 6.45) is 1.91. The normalized spacial score (nSPS) is 12.9. The van der Waals surface area contributed by atoms with Gasteiger partial charge in [0.2, 0.25) is 0 Å². The van der Waals surface area contributed by atoms with Gasteiger partial charge in [-0.2, -0.15) is 0 Å². The number of hydrogen-bond acceptors (Lipinski definition) is 4. The molecule has 0 aliphatic heterocycles. The third kappa shape index (κ3) is 2.87. The highest BCUT2D eigenvalue weighted by molar-refractivity contribution is 9.10. The first-order chi connectivity index (χ1) is 7.27. The van der Waals surface area contributed by atoms with Gasteiger partial charge in [-0.3, -0.25) is 4.98 Å². The first-order valence-corrected chi connectivity index (χ1v) is 7.16. The second-order valence-corrected chi connectivity index (χ2v) is 5.98. The molecule has 0 radical (unpaired) electrons. The minimum absolute atomic E-state index is 0.376. The van der Waals surface area contributed by atoms with E-state index in [1.807, 2.05) is 11.7 Å². The molecule has 80 valence electrons. The van der Waals surface area contributed by atoms with Crippen LogP contribution in [-0.4, -0.2) is 4.98 Å². The van der Waals surface area contributed by atoms with Gasteiger partial charge in [-0.1, -0.05) is 0 Å². The minimum atomic E-state index is 0.376. The minimum Gasteiger partial charge on any atom is -0.304 e. The van der Waals surface area contributed by atoms with Gasteiger partial charge in [0.25, 0.3) is 0 Å². The van der Waals surface area contributed by atoms with Gasteiger partial charge >= 0.3 is 0 Å². The molecule has 2 rings (SSSR count). The van der Waals surface area contributed by atoms with E-state index < -0.39 is 0 Å². The lowest BCUT2D eigenvalue weighted by atomic mass is 10.3. The number of thiophene rings is 1.